The Morgan fingerprint density at radius 1 is 1.25 bits per heavy atom. The molecule has 1 aliphatic heterocycles. The Kier molecular flexibility index (Phi) is 3.46. The highest BCUT2D eigenvalue weighted by Crippen LogP contribution is 2.35. The molecule has 2 N–H and O–H groups in total. The van der Waals surface area contributed by atoms with Crippen molar-refractivity contribution in [1.29, 1.82) is 0 Å². The first kappa shape index (κ1) is 11.0. The fourth-order valence-electron chi connectivity index (χ4n) is 1.44. The molecule has 1 aliphatic rings. The zero-order valence-corrected chi connectivity index (χ0v) is 8.87. The summed E-state index contributed by atoms with van der Waals surface area (Å²) in [5.74, 6) is 0.633. The lowest BCUT2D eigenvalue weighted by atomic mass is 10.3. The number of hydrogen-bond acceptors (Lipinski definition) is 4. The summed E-state index contributed by atoms with van der Waals surface area (Å²) in [7, 11) is 0. The van der Waals surface area contributed by atoms with Crippen molar-refractivity contribution in [2.24, 2.45) is 5.73 Å². The van der Waals surface area contributed by atoms with Crippen LogP contribution in [0.3, 0.4) is 0 Å². The van der Waals surface area contributed by atoms with E-state index < -0.39 is 5.82 Å². The first-order valence-corrected chi connectivity index (χ1v) is 5.23. The van der Waals surface area contributed by atoms with E-state index in [1.807, 2.05) is 0 Å². The average Bonchev–Trinajstić information content (AvgIpc) is 2.50. The third-order valence-corrected chi connectivity index (χ3v) is 2.18. The Balaban J connectivity index is 2.24. The summed E-state index contributed by atoms with van der Waals surface area (Å²) in [4.78, 5) is 0. The van der Waals surface area contributed by atoms with Gasteiger partial charge in [-0.05, 0) is 0 Å². The molecule has 0 atom stereocenters. The van der Waals surface area contributed by atoms with E-state index in [0.29, 0.717) is 31.3 Å². The van der Waals surface area contributed by atoms with Crippen molar-refractivity contribution in [3.63, 3.8) is 0 Å². The van der Waals surface area contributed by atoms with Crippen LogP contribution in [-0.4, -0.2) is 26.4 Å². The van der Waals surface area contributed by atoms with Gasteiger partial charge < -0.3 is 19.9 Å². The van der Waals surface area contributed by atoms with Gasteiger partial charge in [0.25, 0.3) is 0 Å². The van der Waals surface area contributed by atoms with E-state index in [-0.39, 0.29) is 12.4 Å². The second-order valence-corrected chi connectivity index (χ2v) is 3.42. The Bertz CT molecular complexity index is 370. The molecule has 1 aromatic rings. The average molecular weight is 227 g/mol. The van der Waals surface area contributed by atoms with E-state index in [0.717, 1.165) is 6.42 Å². The molecule has 88 valence electrons. The van der Waals surface area contributed by atoms with E-state index in [1.54, 1.807) is 0 Å². The molecule has 0 radical (unpaired) electrons. The Morgan fingerprint density at radius 2 is 1.94 bits per heavy atom. The largest absolute Gasteiger partial charge is 0.489 e. The minimum Gasteiger partial charge on any atom is -0.489 e. The summed E-state index contributed by atoms with van der Waals surface area (Å²) in [5.41, 5.74) is 5.29. The van der Waals surface area contributed by atoms with Gasteiger partial charge >= 0.3 is 0 Å². The maximum atomic E-state index is 13.5. The van der Waals surface area contributed by atoms with E-state index in [1.165, 1.54) is 12.1 Å². The first-order valence-electron chi connectivity index (χ1n) is 5.23. The van der Waals surface area contributed by atoms with Gasteiger partial charge in [-0.1, -0.05) is 0 Å². The lowest BCUT2D eigenvalue weighted by Gasteiger charge is -2.11. The van der Waals surface area contributed by atoms with Crippen LogP contribution in [0.1, 0.15) is 6.42 Å². The van der Waals surface area contributed by atoms with E-state index in [2.05, 4.69) is 0 Å². The molecule has 5 heteroatoms. The molecule has 0 amide bonds. The van der Waals surface area contributed by atoms with Gasteiger partial charge in [-0.25, -0.2) is 4.39 Å². The maximum absolute atomic E-state index is 13.5. The predicted octanol–water partition coefficient (Wildman–Crippen LogP) is 1.32. The first-order chi connectivity index (χ1) is 7.81. The van der Waals surface area contributed by atoms with Crippen LogP contribution in [-0.2, 0) is 0 Å². The fourth-order valence-corrected chi connectivity index (χ4v) is 1.44. The molecule has 0 saturated heterocycles. The normalized spacial score (nSPS) is 14.4. The van der Waals surface area contributed by atoms with Gasteiger partial charge in [0.1, 0.15) is 6.61 Å². The molecule has 4 nitrogen and oxygen atoms in total. The zero-order chi connectivity index (χ0) is 11.4. The predicted molar refractivity (Wildman–Crippen MR) is 56.6 cm³/mol. The quantitative estimate of drug-likeness (QED) is 0.846. The molecule has 0 unspecified atom stereocenters. The van der Waals surface area contributed by atoms with Crippen LogP contribution in [0, 0.1) is 5.82 Å². The van der Waals surface area contributed by atoms with Gasteiger partial charge in [0, 0.05) is 25.1 Å². The molecule has 0 fully saturated rings. The summed E-state index contributed by atoms with van der Waals surface area (Å²) in [6.45, 7) is 1.72. The van der Waals surface area contributed by atoms with Gasteiger partial charge in [0.05, 0.1) is 13.2 Å². The van der Waals surface area contributed by atoms with E-state index >= 15 is 0 Å². The Morgan fingerprint density at radius 3 is 2.62 bits per heavy atom. The maximum Gasteiger partial charge on any atom is 0.169 e. The molecular formula is C11H14FNO3. The van der Waals surface area contributed by atoms with Crippen molar-refractivity contribution < 1.29 is 18.6 Å². The van der Waals surface area contributed by atoms with Crippen LogP contribution >= 0.6 is 0 Å². The van der Waals surface area contributed by atoms with Crippen molar-refractivity contribution in [2.75, 3.05) is 26.4 Å². The van der Waals surface area contributed by atoms with E-state index in [4.69, 9.17) is 19.9 Å². The molecule has 0 spiro atoms. The molecule has 0 saturated carbocycles. The highest BCUT2D eigenvalue weighted by Gasteiger charge is 2.15. The van der Waals surface area contributed by atoms with Crippen LogP contribution in [0.5, 0.6) is 17.2 Å². The van der Waals surface area contributed by atoms with Gasteiger partial charge in [-0.15, -0.1) is 0 Å². The third kappa shape index (κ3) is 2.36. The van der Waals surface area contributed by atoms with Gasteiger partial charge in [-0.2, -0.15) is 0 Å². The smallest absolute Gasteiger partial charge is 0.169 e. The lowest BCUT2D eigenvalue weighted by molar-refractivity contribution is 0.295. The molecule has 2 rings (SSSR count). The summed E-state index contributed by atoms with van der Waals surface area (Å²) >= 11 is 0. The van der Waals surface area contributed by atoms with Crippen LogP contribution in [0.15, 0.2) is 12.1 Å². The number of halogens is 1. The Labute approximate surface area is 93.1 Å². The summed E-state index contributed by atoms with van der Waals surface area (Å²) < 4.78 is 29.5. The number of fused-ring (bicyclic) bond motifs is 1. The molecule has 0 aliphatic carbocycles. The summed E-state index contributed by atoms with van der Waals surface area (Å²) in [5, 5.41) is 0. The molecule has 0 bridgehead atoms. The fraction of sp³-hybridized carbons (Fsp3) is 0.455. The summed E-state index contributed by atoms with van der Waals surface area (Å²) in [6.07, 6.45) is 0.787. The van der Waals surface area contributed by atoms with Crippen LogP contribution in [0.25, 0.3) is 0 Å². The van der Waals surface area contributed by atoms with Gasteiger partial charge in [-0.3, -0.25) is 0 Å². The summed E-state index contributed by atoms with van der Waals surface area (Å²) in [6, 6.07) is 2.79. The third-order valence-electron chi connectivity index (χ3n) is 2.18. The highest BCUT2D eigenvalue weighted by molar-refractivity contribution is 5.46. The lowest BCUT2D eigenvalue weighted by Crippen LogP contribution is -2.11. The highest BCUT2D eigenvalue weighted by atomic mass is 19.1. The monoisotopic (exact) mass is 227 g/mol. The number of hydrogen-bond donors (Lipinski definition) is 1. The van der Waals surface area contributed by atoms with Crippen molar-refractivity contribution in [3.05, 3.63) is 17.9 Å². The molecule has 0 aromatic heterocycles. The topological polar surface area (TPSA) is 53.7 Å². The molecular weight excluding hydrogens is 213 g/mol. The van der Waals surface area contributed by atoms with Crippen molar-refractivity contribution in [2.45, 2.75) is 6.42 Å². The second-order valence-electron chi connectivity index (χ2n) is 3.42. The minimum atomic E-state index is -0.460. The SMILES string of the molecule is NCCOc1cc2c(cc1F)OCCCO2. The van der Waals surface area contributed by atoms with Crippen LogP contribution in [0.4, 0.5) is 4.39 Å². The number of rotatable bonds is 3. The second kappa shape index (κ2) is 5.03. The molecule has 16 heavy (non-hydrogen) atoms. The van der Waals surface area contributed by atoms with Crippen molar-refractivity contribution in [1.82, 2.24) is 0 Å². The van der Waals surface area contributed by atoms with E-state index in [9.17, 15) is 4.39 Å². The van der Waals surface area contributed by atoms with Crippen LogP contribution in [0.2, 0.25) is 0 Å². The minimum absolute atomic E-state index is 0.148. The number of nitrogens with two attached hydrogens (primary N) is 1. The van der Waals surface area contributed by atoms with Crippen LogP contribution < -0.4 is 19.9 Å². The standard InChI is InChI=1S/C11H14FNO3/c12-8-6-10-11(15-4-1-3-14-10)7-9(8)16-5-2-13/h6-7H,1-5,13H2. The Hall–Kier alpha value is -1.49. The van der Waals surface area contributed by atoms with Gasteiger partial charge in [0.2, 0.25) is 0 Å². The number of ether oxygens (including phenoxy) is 3. The number of benzene rings is 1. The van der Waals surface area contributed by atoms with Crippen molar-refractivity contribution in [3.8, 4) is 17.2 Å². The van der Waals surface area contributed by atoms with Gasteiger partial charge in [0.15, 0.2) is 23.1 Å². The zero-order valence-electron chi connectivity index (χ0n) is 8.87. The molecule has 1 heterocycles. The molecule has 1 aromatic carbocycles. The van der Waals surface area contributed by atoms with Crippen molar-refractivity contribution >= 4 is 0 Å².